The number of hydrogen-bond donors (Lipinski definition) is 0. The Kier molecular flexibility index (Phi) is 3.30. The van der Waals surface area contributed by atoms with Crippen LogP contribution in [-0.4, -0.2) is 18.8 Å². The van der Waals surface area contributed by atoms with Gasteiger partial charge in [0.05, 0.1) is 12.9 Å². The molecule has 0 saturated carbocycles. The molecule has 2 nitrogen and oxygen atoms in total. The van der Waals surface area contributed by atoms with Crippen molar-refractivity contribution in [2.24, 2.45) is 0 Å². The molecular formula is C14H18O2. The van der Waals surface area contributed by atoms with Gasteiger partial charge in [0.1, 0.15) is 12.2 Å². The van der Waals surface area contributed by atoms with E-state index in [9.17, 15) is 0 Å². The van der Waals surface area contributed by atoms with Gasteiger partial charge in [-0.2, -0.15) is 0 Å². The second kappa shape index (κ2) is 4.71. The Hall–Kier alpha value is -1.28. The van der Waals surface area contributed by atoms with Gasteiger partial charge in [-0.15, -0.1) is 0 Å². The largest absolute Gasteiger partial charge is 0.498 e. The van der Waals surface area contributed by atoms with E-state index in [2.05, 4.69) is 26.0 Å². The van der Waals surface area contributed by atoms with Crippen LogP contribution in [0.4, 0.5) is 0 Å². The lowest BCUT2D eigenvalue weighted by Gasteiger charge is -2.09. The Morgan fingerprint density at radius 2 is 2.12 bits per heavy atom. The van der Waals surface area contributed by atoms with Crippen molar-refractivity contribution in [2.45, 2.75) is 25.9 Å². The van der Waals surface area contributed by atoms with Gasteiger partial charge in [-0.05, 0) is 24.5 Å². The summed E-state index contributed by atoms with van der Waals surface area (Å²) in [7, 11) is 0. The maximum atomic E-state index is 5.58. The van der Waals surface area contributed by atoms with E-state index in [1.165, 1.54) is 5.56 Å². The van der Waals surface area contributed by atoms with Crippen molar-refractivity contribution in [3.63, 3.8) is 0 Å². The molecular weight excluding hydrogens is 200 g/mol. The zero-order valence-corrected chi connectivity index (χ0v) is 9.90. The molecule has 2 rings (SSSR count). The minimum absolute atomic E-state index is 0.00741. The summed E-state index contributed by atoms with van der Waals surface area (Å²) in [5, 5.41) is 0. The van der Waals surface area contributed by atoms with E-state index in [0.717, 1.165) is 18.6 Å². The van der Waals surface area contributed by atoms with Gasteiger partial charge in [0.25, 0.3) is 0 Å². The molecule has 1 fully saturated rings. The van der Waals surface area contributed by atoms with E-state index >= 15 is 0 Å². The van der Waals surface area contributed by atoms with Gasteiger partial charge in [-0.1, -0.05) is 37.3 Å². The predicted octanol–water partition coefficient (Wildman–Crippen LogP) is 3.24. The average molecular weight is 218 g/mol. The van der Waals surface area contributed by atoms with E-state index in [1.54, 1.807) is 0 Å². The fourth-order valence-electron chi connectivity index (χ4n) is 1.58. The summed E-state index contributed by atoms with van der Waals surface area (Å²) >= 11 is 0. The second-order valence-electron chi connectivity index (χ2n) is 4.30. The quantitative estimate of drug-likeness (QED) is 0.559. The number of epoxide rings is 1. The molecule has 0 amide bonds. The molecule has 0 bridgehead atoms. The van der Waals surface area contributed by atoms with Crippen LogP contribution in [0.5, 0.6) is 0 Å². The van der Waals surface area contributed by atoms with Crippen LogP contribution in [0.2, 0.25) is 0 Å². The highest BCUT2D eigenvalue weighted by atomic mass is 16.6. The first kappa shape index (κ1) is 11.2. The molecule has 1 heterocycles. The van der Waals surface area contributed by atoms with Crippen LogP contribution in [0.3, 0.4) is 0 Å². The number of hydrogen-bond acceptors (Lipinski definition) is 2. The highest BCUT2D eigenvalue weighted by molar-refractivity contribution is 5.62. The normalized spacial score (nSPS) is 24.2. The van der Waals surface area contributed by atoms with E-state index in [-0.39, 0.29) is 5.60 Å². The lowest BCUT2D eigenvalue weighted by atomic mass is 10.1. The third-order valence-corrected chi connectivity index (χ3v) is 3.03. The minimum atomic E-state index is 0.00741. The van der Waals surface area contributed by atoms with Crippen LogP contribution < -0.4 is 0 Å². The van der Waals surface area contributed by atoms with Crippen molar-refractivity contribution >= 4 is 5.57 Å². The van der Waals surface area contributed by atoms with E-state index < -0.39 is 0 Å². The van der Waals surface area contributed by atoms with Gasteiger partial charge in [-0.3, -0.25) is 0 Å². The maximum Gasteiger partial charge on any atom is 0.125 e. The average Bonchev–Trinajstić information content (AvgIpc) is 3.11. The van der Waals surface area contributed by atoms with Crippen molar-refractivity contribution in [1.29, 1.82) is 0 Å². The lowest BCUT2D eigenvalue weighted by molar-refractivity contribution is 0.149. The SMILES string of the molecule is CCC1(CO/C=C(/C)c2ccccc2)CO1. The van der Waals surface area contributed by atoms with Crippen LogP contribution in [0.25, 0.3) is 5.57 Å². The van der Waals surface area contributed by atoms with Crippen molar-refractivity contribution in [2.75, 3.05) is 13.2 Å². The first-order chi connectivity index (χ1) is 7.76. The van der Waals surface area contributed by atoms with E-state index in [4.69, 9.17) is 9.47 Å². The van der Waals surface area contributed by atoms with Crippen molar-refractivity contribution in [3.8, 4) is 0 Å². The fraction of sp³-hybridized carbons (Fsp3) is 0.429. The minimum Gasteiger partial charge on any atom is -0.498 e. The van der Waals surface area contributed by atoms with Gasteiger partial charge in [0.2, 0.25) is 0 Å². The Bertz CT molecular complexity index is 364. The molecule has 2 heteroatoms. The first-order valence-corrected chi connectivity index (χ1v) is 5.73. The summed E-state index contributed by atoms with van der Waals surface area (Å²) in [4.78, 5) is 0. The zero-order valence-electron chi connectivity index (χ0n) is 9.90. The van der Waals surface area contributed by atoms with Gasteiger partial charge in [-0.25, -0.2) is 0 Å². The van der Waals surface area contributed by atoms with Crippen molar-refractivity contribution in [1.82, 2.24) is 0 Å². The summed E-state index contributed by atoms with van der Waals surface area (Å²) in [6.45, 7) is 5.68. The van der Waals surface area contributed by atoms with Gasteiger partial charge >= 0.3 is 0 Å². The molecule has 1 aliphatic rings. The molecule has 86 valence electrons. The molecule has 0 aliphatic carbocycles. The van der Waals surface area contributed by atoms with Gasteiger partial charge in [0.15, 0.2) is 0 Å². The number of rotatable bonds is 5. The van der Waals surface area contributed by atoms with Crippen LogP contribution in [0.1, 0.15) is 25.8 Å². The molecule has 1 aromatic carbocycles. The molecule has 1 atom stereocenters. The first-order valence-electron chi connectivity index (χ1n) is 5.73. The third kappa shape index (κ3) is 2.64. The van der Waals surface area contributed by atoms with Crippen LogP contribution in [0.15, 0.2) is 36.6 Å². The number of benzene rings is 1. The van der Waals surface area contributed by atoms with Crippen LogP contribution in [0, 0.1) is 0 Å². The zero-order chi connectivity index (χ0) is 11.4. The Balaban J connectivity index is 1.88. The van der Waals surface area contributed by atoms with Crippen molar-refractivity contribution in [3.05, 3.63) is 42.2 Å². The second-order valence-corrected chi connectivity index (χ2v) is 4.30. The molecule has 1 unspecified atom stereocenters. The summed E-state index contributed by atoms with van der Waals surface area (Å²) in [6, 6.07) is 10.2. The Labute approximate surface area is 96.9 Å². The monoisotopic (exact) mass is 218 g/mol. The standard InChI is InChI=1S/C14H18O2/c1-3-14(11-16-14)10-15-9-12(2)13-7-5-4-6-8-13/h4-9H,3,10-11H2,1-2H3/b12-9-. The Morgan fingerprint density at radius 3 is 2.69 bits per heavy atom. The van der Waals surface area contributed by atoms with Crippen LogP contribution >= 0.6 is 0 Å². The topological polar surface area (TPSA) is 21.8 Å². The summed E-state index contributed by atoms with van der Waals surface area (Å²) in [5.41, 5.74) is 2.35. The van der Waals surface area contributed by atoms with Gasteiger partial charge < -0.3 is 9.47 Å². The number of ether oxygens (including phenoxy) is 2. The highest BCUT2D eigenvalue weighted by Crippen LogP contribution is 2.30. The van der Waals surface area contributed by atoms with Crippen molar-refractivity contribution < 1.29 is 9.47 Å². The molecule has 0 radical (unpaired) electrons. The Morgan fingerprint density at radius 1 is 1.44 bits per heavy atom. The molecule has 1 aromatic rings. The van der Waals surface area contributed by atoms with Gasteiger partial charge in [0, 0.05) is 0 Å². The fourth-order valence-corrected chi connectivity index (χ4v) is 1.58. The van der Waals surface area contributed by atoms with E-state index in [0.29, 0.717) is 6.61 Å². The molecule has 16 heavy (non-hydrogen) atoms. The van der Waals surface area contributed by atoms with Crippen LogP contribution in [-0.2, 0) is 9.47 Å². The molecule has 0 N–H and O–H groups in total. The molecule has 0 aromatic heterocycles. The van der Waals surface area contributed by atoms with E-state index in [1.807, 2.05) is 24.5 Å². The maximum absolute atomic E-state index is 5.58. The lowest BCUT2D eigenvalue weighted by Crippen LogP contribution is -2.16. The summed E-state index contributed by atoms with van der Waals surface area (Å²) in [5.74, 6) is 0. The number of allylic oxidation sites excluding steroid dienone is 1. The third-order valence-electron chi connectivity index (χ3n) is 3.03. The smallest absolute Gasteiger partial charge is 0.125 e. The predicted molar refractivity (Wildman–Crippen MR) is 65.0 cm³/mol. The summed E-state index contributed by atoms with van der Waals surface area (Å²) < 4.78 is 11.0. The molecule has 0 spiro atoms. The highest BCUT2D eigenvalue weighted by Gasteiger charge is 2.43. The molecule has 1 saturated heterocycles. The summed E-state index contributed by atoms with van der Waals surface area (Å²) in [6.07, 6.45) is 2.85. The molecule has 1 aliphatic heterocycles.